The summed E-state index contributed by atoms with van der Waals surface area (Å²) in [6.07, 6.45) is 2.40. The van der Waals surface area contributed by atoms with Crippen LogP contribution in [0.25, 0.3) is 11.1 Å². The van der Waals surface area contributed by atoms with Gasteiger partial charge in [0.05, 0.1) is 17.3 Å². The van der Waals surface area contributed by atoms with E-state index in [4.69, 9.17) is 5.10 Å². The maximum atomic E-state index is 12.8. The van der Waals surface area contributed by atoms with Crippen molar-refractivity contribution in [1.29, 1.82) is 0 Å². The normalized spacial score (nSPS) is 16.8. The second kappa shape index (κ2) is 9.67. The first-order valence-electron chi connectivity index (χ1n) is 12.7. The topological polar surface area (TPSA) is 98.3 Å². The fourth-order valence-electron chi connectivity index (χ4n) is 5.56. The fourth-order valence-corrected chi connectivity index (χ4v) is 5.56. The van der Waals surface area contributed by atoms with Crippen LogP contribution in [0.1, 0.15) is 61.3 Å². The zero-order chi connectivity index (χ0) is 25.4. The van der Waals surface area contributed by atoms with E-state index in [1.54, 1.807) is 12.1 Å². The molecular formula is C30H28N4O3. The van der Waals surface area contributed by atoms with Gasteiger partial charge in [-0.3, -0.25) is 14.8 Å². The van der Waals surface area contributed by atoms with Crippen LogP contribution in [0, 0.1) is 0 Å². The Kier molecular flexibility index (Phi) is 6.06. The van der Waals surface area contributed by atoms with E-state index in [1.165, 1.54) is 11.1 Å². The highest BCUT2D eigenvalue weighted by atomic mass is 16.4. The first kappa shape index (κ1) is 23.2. The van der Waals surface area contributed by atoms with Gasteiger partial charge in [-0.2, -0.15) is 5.10 Å². The molecule has 3 N–H and O–H groups in total. The van der Waals surface area contributed by atoms with Crippen LogP contribution in [0.15, 0.2) is 72.8 Å². The molecule has 3 aromatic carbocycles. The van der Waals surface area contributed by atoms with E-state index in [1.807, 2.05) is 36.4 Å². The number of nitrogens with one attached hydrogen (secondary N) is 2. The highest BCUT2D eigenvalue weighted by Gasteiger charge is 2.30. The maximum absolute atomic E-state index is 12.8. The summed E-state index contributed by atoms with van der Waals surface area (Å²) in [4.78, 5) is 26.7. The summed E-state index contributed by atoms with van der Waals surface area (Å²) in [6, 6.07) is 22.9. The average Bonchev–Trinajstić information content (AvgIpc) is 3.53. The number of aryl methyl sites for hydroxylation is 1. The number of aromatic nitrogens is 2. The summed E-state index contributed by atoms with van der Waals surface area (Å²) in [7, 11) is 0. The molecule has 0 saturated carbocycles. The molecule has 0 saturated heterocycles. The van der Waals surface area contributed by atoms with Crippen molar-refractivity contribution >= 4 is 11.9 Å². The molecule has 0 radical (unpaired) electrons. The lowest BCUT2D eigenvalue weighted by molar-refractivity contribution is 0.0696. The molecule has 4 aromatic rings. The monoisotopic (exact) mass is 492 g/mol. The molecule has 7 nitrogen and oxygen atoms in total. The van der Waals surface area contributed by atoms with E-state index in [-0.39, 0.29) is 17.5 Å². The van der Waals surface area contributed by atoms with Gasteiger partial charge in [0.2, 0.25) is 0 Å². The Labute approximate surface area is 215 Å². The van der Waals surface area contributed by atoms with Crippen LogP contribution in [0.5, 0.6) is 0 Å². The van der Waals surface area contributed by atoms with Crippen molar-refractivity contribution in [2.24, 2.45) is 0 Å². The Morgan fingerprint density at radius 3 is 2.32 bits per heavy atom. The largest absolute Gasteiger partial charge is 0.478 e. The van der Waals surface area contributed by atoms with Gasteiger partial charge >= 0.3 is 5.97 Å². The number of aromatic amines is 1. The maximum Gasteiger partial charge on any atom is 0.335 e. The van der Waals surface area contributed by atoms with E-state index in [0.717, 1.165) is 60.6 Å². The number of benzene rings is 3. The minimum atomic E-state index is -0.957. The van der Waals surface area contributed by atoms with E-state index < -0.39 is 5.97 Å². The summed E-state index contributed by atoms with van der Waals surface area (Å²) >= 11 is 0. The van der Waals surface area contributed by atoms with Gasteiger partial charge in [-0.25, -0.2) is 4.79 Å². The Morgan fingerprint density at radius 1 is 0.946 bits per heavy atom. The predicted molar refractivity (Wildman–Crippen MR) is 140 cm³/mol. The summed E-state index contributed by atoms with van der Waals surface area (Å²) in [5.41, 5.74) is 8.38. The Morgan fingerprint density at radius 2 is 1.62 bits per heavy atom. The quantitative estimate of drug-likeness (QED) is 0.346. The van der Waals surface area contributed by atoms with Gasteiger partial charge in [-0.1, -0.05) is 54.6 Å². The fraction of sp³-hybridized carbons (Fsp3) is 0.233. The number of rotatable bonds is 7. The van der Waals surface area contributed by atoms with E-state index in [0.29, 0.717) is 12.0 Å². The average molecular weight is 493 g/mol. The summed E-state index contributed by atoms with van der Waals surface area (Å²) < 4.78 is 0. The van der Waals surface area contributed by atoms with Gasteiger partial charge in [0, 0.05) is 29.9 Å². The Bertz CT molecular complexity index is 1450. The van der Waals surface area contributed by atoms with Gasteiger partial charge in [-0.05, 0) is 66.3 Å². The summed E-state index contributed by atoms with van der Waals surface area (Å²) in [6.45, 7) is 2.91. The highest BCUT2D eigenvalue weighted by Crippen LogP contribution is 2.35. The third-order valence-corrected chi connectivity index (χ3v) is 7.42. The van der Waals surface area contributed by atoms with Gasteiger partial charge < -0.3 is 10.4 Å². The second-order valence-corrected chi connectivity index (χ2v) is 9.82. The van der Waals surface area contributed by atoms with E-state index in [2.05, 4.69) is 39.6 Å². The molecule has 1 unspecified atom stereocenters. The van der Waals surface area contributed by atoms with Crippen molar-refractivity contribution in [3.8, 4) is 11.1 Å². The molecule has 0 aliphatic carbocycles. The number of hydrogen-bond acceptors (Lipinski definition) is 4. The lowest BCUT2D eigenvalue weighted by Crippen LogP contribution is -2.35. The standard InChI is InChI=1S/C30H28N4O3/c35-29-24-9-4-3-6-21(24)16-26(31-29)28-27(19-11-13-20(14-12-19)30(36)37)25(32-33-28)10-5-15-34-17-22-7-1-2-8-23(22)18-34/h1-4,6-9,11-14,26H,5,10,15-18H2,(H,31,35)(H,32,33)(H,36,37). The number of fused-ring (bicyclic) bond motifs is 2. The Balaban J connectivity index is 1.26. The molecule has 1 atom stereocenters. The molecule has 1 amide bonds. The number of hydrogen-bond donors (Lipinski definition) is 3. The molecule has 3 heterocycles. The van der Waals surface area contributed by atoms with Crippen LogP contribution < -0.4 is 5.32 Å². The zero-order valence-electron chi connectivity index (χ0n) is 20.4. The minimum absolute atomic E-state index is 0.0998. The first-order chi connectivity index (χ1) is 18.1. The van der Waals surface area contributed by atoms with Gasteiger partial charge in [-0.15, -0.1) is 0 Å². The van der Waals surface area contributed by atoms with Gasteiger partial charge in [0.15, 0.2) is 0 Å². The summed E-state index contributed by atoms with van der Waals surface area (Å²) in [5, 5.41) is 20.4. The van der Waals surface area contributed by atoms with Crippen LogP contribution in [-0.2, 0) is 25.9 Å². The van der Waals surface area contributed by atoms with Crippen LogP contribution in [0.2, 0.25) is 0 Å². The smallest absolute Gasteiger partial charge is 0.335 e. The van der Waals surface area contributed by atoms with Crippen molar-refractivity contribution in [2.45, 2.75) is 38.4 Å². The summed E-state index contributed by atoms with van der Waals surface area (Å²) in [5.74, 6) is -1.06. The van der Waals surface area contributed by atoms with Crippen LogP contribution in [0.3, 0.4) is 0 Å². The first-order valence-corrected chi connectivity index (χ1v) is 12.7. The molecule has 2 aliphatic heterocycles. The van der Waals surface area contributed by atoms with E-state index >= 15 is 0 Å². The number of carbonyl (C=O) groups is 2. The molecule has 0 bridgehead atoms. The van der Waals surface area contributed by atoms with Crippen molar-refractivity contribution in [1.82, 2.24) is 20.4 Å². The third kappa shape index (κ3) is 4.54. The third-order valence-electron chi connectivity index (χ3n) is 7.42. The van der Waals surface area contributed by atoms with E-state index in [9.17, 15) is 14.7 Å². The van der Waals surface area contributed by atoms with Gasteiger partial charge in [0.25, 0.3) is 5.91 Å². The number of carbonyl (C=O) groups excluding carboxylic acids is 1. The van der Waals surface area contributed by atoms with Crippen molar-refractivity contribution in [2.75, 3.05) is 6.54 Å². The molecule has 1 aromatic heterocycles. The van der Waals surface area contributed by atoms with Crippen molar-refractivity contribution in [3.05, 3.63) is 112 Å². The van der Waals surface area contributed by atoms with Crippen molar-refractivity contribution < 1.29 is 14.7 Å². The molecule has 0 fully saturated rings. The van der Waals surface area contributed by atoms with Crippen LogP contribution in [-0.4, -0.2) is 38.6 Å². The Hall–Kier alpha value is -4.23. The number of nitrogens with zero attached hydrogens (tertiary/aromatic N) is 2. The predicted octanol–water partition coefficient (Wildman–Crippen LogP) is 4.75. The van der Waals surface area contributed by atoms with Gasteiger partial charge in [0.1, 0.15) is 0 Å². The number of carboxylic acids is 1. The molecule has 186 valence electrons. The number of H-pyrrole nitrogens is 1. The lowest BCUT2D eigenvalue weighted by Gasteiger charge is -2.25. The van der Waals surface area contributed by atoms with Crippen LogP contribution in [0.4, 0.5) is 0 Å². The molecule has 7 heteroatoms. The molecule has 0 spiro atoms. The molecule has 37 heavy (non-hydrogen) atoms. The number of amides is 1. The highest BCUT2D eigenvalue weighted by molar-refractivity contribution is 5.97. The minimum Gasteiger partial charge on any atom is -0.478 e. The molecule has 2 aliphatic rings. The van der Waals surface area contributed by atoms with Crippen molar-refractivity contribution in [3.63, 3.8) is 0 Å². The molecule has 6 rings (SSSR count). The van der Waals surface area contributed by atoms with Crippen LogP contribution >= 0.6 is 0 Å². The zero-order valence-corrected chi connectivity index (χ0v) is 20.4. The number of carboxylic acid groups (broad SMARTS) is 1. The number of aromatic carboxylic acids is 1. The second-order valence-electron chi connectivity index (χ2n) is 9.82. The molecular weight excluding hydrogens is 464 g/mol. The lowest BCUT2D eigenvalue weighted by atomic mass is 9.89. The SMILES string of the molecule is O=C(O)c1ccc(-c2c(C3Cc4ccccc4C(=O)N3)n[nH]c2CCCN2Cc3ccccc3C2)cc1.